The van der Waals surface area contributed by atoms with Crippen LogP contribution in [0, 0.1) is 0 Å². The van der Waals surface area contributed by atoms with Gasteiger partial charge in [0.1, 0.15) is 12.2 Å². The molecule has 134 valence electrons. The van der Waals surface area contributed by atoms with Gasteiger partial charge in [-0.3, -0.25) is 19.1 Å². The normalized spacial score (nSPS) is 11.5. The number of pyridine rings is 2. The SMILES string of the molecule is O=C(NCc1ccccn1)c1cc2ccccc2c(=O)n1CC(F)(F)F. The van der Waals surface area contributed by atoms with E-state index in [4.69, 9.17) is 0 Å². The molecule has 5 nitrogen and oxygen atoms in total. The summed E-state index contributed by atoms with van der Waals surface area (Å²) in [4.78, 5) is 29.0. The van der Waals surface area contributed by atoms with Crippen LogP contribution in [0.2, 0.25) is 0 Å². The van der Waals surface area contributed by atoms with Gasteiger partial charge in [-0.1, -0.05) is 24.3 Å². The Hall–Kier alpha value is -3.16. The van der Waals surface area contributed by atoms with Crippen molar-refractivity contribution in [2.45, 2.75) is 19.3 Å². The Kier molecular flexibility index (Phi) is 4.75. The number of nitrogens with one attached hydrogen (secondary N) is 1. The van der Waals surface area contributed by atoms with Crippen LogP contribution in [0.25, 0.3) is 10.8 Å². The summed E-state index contributed by atoms with van der Waals surface area (Å²) in [6.45, 7) is -1.50. The number of carbonyl (C=O) groups is 1. The number of aromatic nitrogens is 2. The third kappa shape index (κ3) is 3.90. The minimum atomic E-state index is -4.64. The van der Waals surface area contributed by atoms with E-state index in [0.29, 0.717) is 15.6 Å². The second-order valence-electron chi connectivity index (χ2n) is 5.63. The molecule has 0 bridgehead atoms. The summed E-state index contributed by atoms with van der Waals surface area (Å²) in [6, 6.07) is 12.6. The largest absolute Gasteiger partial charge is 0.406 e. The molecular weight excluding hydrogens is 347 g/mol. The summed E-state index contributed by atoms with van der Waals surface area (Å²) >= 11 is 0. The number of nitrogens with zero attached hydrogens (tertiary/aromatic N) is 2. The van der Waals surface area contributed by atoms with Crippen molar-refractivity contribution in [3.63, 3.8) is 0 Å². The second kappa shape index (κ2) is 6.99. The monoisotopic (exact) mass is 361 g/mol. The lowest BCUT2D eigenvalue weighted by molar-refractivity contribution is -0.141. The number of alkyl halides is 3. The third-order valence-corrected chi connectivity index (χ3v) is 3.75. The van der Waals surface area contributed by atoms with Gasteiger partial charge in [0.25, 0.3) is 11.5 Å². The summed E-state index contributed by atoms with van der Waals surface area (Å²) in [7, 11) is 0. The fourth-order valence-electron chi connectivity index (χ4n) is 2.59. The molecule has 0 aliphatic rings. The predicted molar refractivity (Wildman–Crippen MR) is 89.7 cm³/mol. The molecule has 3 aromatic rings. The van der Waals surface area contributed by atoms with Gasteiger partial charge in [-0.05, 0) is 29.7 Å². The summed E-state index contributed by atoms with van der Waals surface area (Å²) in [5, 5.41) is 3.03. The van der Waals surface area contributed by atoms with Crippen molar-refractivity contribution < 1.29 is 18.0 Å². The van der Waals surface area contributed by atoms with Crippen LogP contribution in [0.15, 0.2) is 59.5 Å². The molecule has 0 saturated heterocycles. The second-order valence-corrected chi connectivity index (χ2v) is 5.63. The highest BCUT2D eigenvalue weighted by Gasteiger charge is 2.31. The average molecular weight is 361 g/mol. The predicted octanol–water partition coefficient (Wildman–Crippen LogP) is 2.89. The summed E-state index contributed by atoms with van der Waals surface area (Å²) in [5.74, 6) is -0.775. The van der Waals surface area contributed by atoms with Crippen LogP contribution in [0.1, 0.15) is 16.2 Å². The van der Waals surface area contributed by atoms with Crippen molar-refractivity contribution in [1.82, 2.24) is 14.9 Å². The molecule has 0 fully saturated rings. The highest BCUT2D eigenvalue weighted by Crippen LogP contribution is 2.20. The quantitative estimate of drug-likeness (QED) is 0.777. The number of fused-ring (bicyclic) bond motifs is 1. The molecular formula is C18H14F3N3O2. The van der Waals surface area contributed by atoms with Gasteiger partial charge in [0.05, 0.1) is 12.2 Å². The molecule has 0 aliphatic carbocycles. The van der Waals surface area contributed by atoms with Crippen molar-refractivity contribution in [3.8, 4) is 0 Å². The lowest BCUT2D eigenvalue weighted by Crippen LogP contribution is -2.35. The first kappa shape index (κ1) is 17.7. The van der Waals surface area contributed by atoms with Crippen LogP contribution < -0.4 is 10.9 Å². The van der Waals surface area contributed by atoms with Crippen molar-refractivity contribution >= 4 is 16.7 Å². The van der Waals surface area contributed by atoms with Gasteiger partial charge in [0.2, 0.25) is 0 Å². The van der Waals surface area contributed by atoms with Crippen LogP contribution in [0.4, 0.5) is 13.2 Å². The molecule has 2 aromatic heterocycles. The van der Waals surface area contributed by atoms with E-state index in [1.807, 2.05) is 0 Å². The molecule has 0 atom stereocenters. The van der Waals surface area contributed by atoms with Crippen LogP contribution in [0.3, 0.4) is 0 Å². The maximum atomic E-state index is 12.9. The van der Waals surface area contributed by atoms with Crippen molar-refractivity contribution in [1.29, 1.82) is 0 Å². The first-order chi connectivity index (χ1) is 12.3. The standard InChI is InChI=1S/C18H14F3N3O2/c19-18(20,21)11-24-15(9-12-5-1-2-7-14(12)17(24)26)16(25)23-10-13-6-3-4-8-22-13/h1-9H,10-11H2,(H,23,25). The Morgan fingerprint density at radius 1 is 1.12 bits per heavy atom. The molecule has 1 N–H and O–H groups in total. The van der Waals surface area contributed by atoms with E-state index in [1.165, 1.54) is 18.3 Å². The van der Waals surface area contributed by atoms with E-state index in [0.717, 1.165) is 0 Å². The van der Waals surface area contributed by atoms with Crippen molar-refractivity contribution in [3.05, 3.63) is 76.5 Å². The third-order valence-electron chi connectivity index (χ3n) is 3.75. The van der Waals surface area contributed by atoms with E-state index in [2.05, 4.69) is 10.3 Å². The number of benzene rings is 1. The topological polar surface area (TPSA) is 64.0 Å². The smallest absolute Gasteiger partial charge is 0.345 e. The van der Waals surface area contributed by atoms with Gasteiger partial charge in [-0.2, -0.15) is 13.2 Å². The van der Waals surface area contributed by atoms with Crippen LogP contribution >= 0.6 is 0 Å². The fraction of sp³-hybridized carbons (Fsp3) is 0.167. The van der Waals surface area contributed by atoms with E-state index < -0.39 is 24.2 Å². The zero-order chi connectivity index (χ0) is 18.7. The average Bonchev–Trinajstić information content (AvgIpc) is 2.62. The molecule has 3 rings (SSSR count). The van der Waals surface area contributed by atoms with Crippen LogP contribution in [-0.2, 0) is 13.1 Å². The van der Waals surface area contributed by atoms with E-state index in [1.54, 1.807) is 36.4 Å². The Morgan fingerprint density at radius 2 is 1.85 bits per heavy atom. The molecule has 8 heteroatoms. The fourth-order valence-corrected chi connectivity index (χ4v) is 2.59. The van der Waals surface area contributed by atoms with Gasteiger partial charge in [-0.25, -0.2) is 0 Å². The van der Waals surface area contributed by atoms with E-state index in [-0.39, 0.29) is 17.6 Å². The van der Waals surface area contributed by atoms with E-state index in [9.17, 15) is 22.8 Å². The Morgan fingerprint density at radius 3 is 2.54 bits per heavy atom. The van der Waals surface area contributed by atoms with Gasteiger partial charge >= 0.3 is 6.18 Å². The number of hydrogen-bond acceptors (Lipinski definition) is 3. The number of carbonyl (C=O) groups excluding carboxylic acids is 1. The highest BCUT2D eigenvalue weighted by atomic mass is 19.4. The summed E-state index contributed by atoms with van der Waals surface area (Å²) < 4.78 is 39.2. The molecule has 1 amide bonds. The Balaban J connectivity index is 2.01. The Bertz CT molecular complexity index is 998. The van der Waals surface area contributed by atoms with Gasteiger partial charge in [0.15, 0.2) is 0 Å². The maximum Gasteiger partial charge on any atom is 0.406 e. The maximum absolute atomic E-state index is 12.9. The minimum Gasteiger partial charge on any atom is -0.345 e. The number of rotatable bonds is 4. The molecule has 2 heterocycles. The number of amides is 1. The summed E-state index contributed by atoms with van der Waals surface area (Å²) in [6.07, 6.45) is -3.10. The zero-order valence-corrected chi connectivity index (χ0v) is 13.5. The zero-order valence-electron chi connectivity index (χ0n) is 13.5. The molecule has 0 spiro atoms. The molecule has 0 unspecified atom stereocenters. The molecule has 1 aromatic carbocycles. The number of halogens is 3. The van der Waals surface area contributed by atoms with E-state index >= 15 is 0 Å². The number of hydrogen-bond donors (Lipinski definition) is 1. The lowest BCUT2D eigenvalue weighted by atomic mass is 10.1. The van der Waals surface area contributed by atoms with Crippen molar-refractivity contribution in [2.75, 3.05) is 0 Å². The van der Waals surface area contributed by atoms with Gasteiger partial charge < -0.3 is 5.32 Å². The minimum absolute atomic E-state index is 0.0344. The lowest BCUT2D eigenvalue weighted by Gasteiger charge is -2.16. The van der Waals surface area contributed by atoms with Crippen LogP contribution in [0.5, 0.6) is 0 Å². The molecule has 26 heavy (non-hydrogen) atoms. The first-order valence-electron chi connectivity index (χ1n) is 7.72. The Labute approximate surface area is 146 Å². The molecule has 0 saturated carbocycles. The summed E-state index contributed by atoms with van der Waals surface area (Å²) in [5.41, 5.74) is -0.656. The molecule has 0 radical (unpaired) electrons. The molecule has 0 aliphatic heterocycles. The van der Waals surface area contributed by atoms with Crippen molar-refractivity contribution in [2.24, 2.45) is 0 Å². The highest BCUT2D eigenvalue weighted by molar-refractivity contribution is 5.96. The van der Waals surface area contributed by atoms with Gasteiger partial charge in [0, 0.05) is 11.6 Å². The first-order valence-corrected chi connectivity index (χ1v) is 7.72. The van der Waals surface area contributed by atoms with Crippen LogP contribution in [-0.4, -0.2) is 21.6 Å². The van der Waals surface area contributed by atoms with Gasteiger partial charge in [-0.15, -0.1) is 0 Å².